The quantitative estimate of drug-likeness (QED) is 0.761. The predicted molar refractivity (Wildman–Crippen MR) is 114 cm³/mol. The molecule has 0 amide bonds. The summed E-state index contributed by atoms with van der Waals surface area (Å²) >= 11 is 0. The minimum Gasteiger partial charge on any atom is -0.497 e. The molecule has 0 aromatic heterocycles. The molecule has 2 aromatic rings. The zero-order valence-corrected chi connectivity index (χ0v) is 16.9. The van der Waals surface area contributed by atoms with Crippen LogP contribution >= 0.6 is 0 Å². The van der Waals surface area contributed by atoms with E-state index < -0.39 is 0 Å². The molecule has 2 aromatic carbocycles. The molecule has 1 N–H and O–H groups in total. The molecule has 1 heterocycles. The predicted octanol–water partition coefficient (Wildman–Crippen LogP) is 4.08. The summed E-state index contributed by atoms with van der Waals surface area (Å²) in [5, 5.41) is 3.62. The zero-order valence-electron chi connectivity index (χ0n) is 16.9. The third-order valence-corrected chi connectivity index (χ3v) is 5.43. The van der Waals surface area contributed by atoms with Crippen molar-refractivity contribution in [2.24, 2.45) is 0 Å². The first-order valence-corrected chi connectivity index (χ1v) is 10.0. The molecule has 1 aliphatic heterocycles. The number of ether oxygens (including phenoxy) is 1. The van der Waals surface area contributed by atoms with E-state index in [1.165, 1.54) is 49.2 Å². The molecule has 3 rings (SSSR count). The molecule has 1 saturated heterocycles. The van der Waals surface area contributed by atoms with Gasteiger partial charge in [-0.05, 0) is 68.8 Å². The number of hydrogen-bond donors (Lipinski definition) is 1. The fraction of sp³-hybridized carbons (Fsp3) is 0.478. The van der Waals surface area contributed by atoms with Gasteiger partial charge in [0.25, 0.3) is 0 Å². The lowest BCUT2D eigenvalue weighted by molar-refractivity contribution is 0.287. The van der Waals surface area contributed by atoms with Crippen molar-refractivity contribution in [3.8, 4) is 5.75 Å². The maximum atomic E-state index is 5.38. The van der Waals surface area contributed by atoms with Crippen LogP contribution in [0.2, 0.25) is 0 Å². The number of likely N-dealkylation sites (N-methyl/N-ethyl adjacent to an activating group) is 1. The fourth-order valence-electron chi connectivity index (χ4n) is 3.78. The molecule has 146 valence electrons. The van der Waals surface area contributed by atoms with Gasteiger partial charge in [-0.3, -0.25) is 0 Å². The van der Waals surface area contributed by atoms with Crippen LogP contribution in [0.3, 0.4) is 0 Å². The second-order valence-corrected chi connectivity index (χ2v) is 7.60. The molecular weight excluding hydrogens is 334 g/mol. The summed E-state index contributed by atoms with van der Waals surface area (Å²) in [6.45, 7) is 4.17. The summed E-state index contributed by atoms with van der Waals surface area (Å²) in [6.07, 6.45) is 4.01. The van der Waals surface area contributed by atoms with Gasteiger partial charge in [0.15, 0.2) is 0 Å². The summed E-state index contributed by atoms with van der Waals surface area (Å²) in [5.74, 6) is 0.910. The Balaban J connectivity index is 1.55. The number of piperidine rings is 1. The van der Waals surface area contributed by atoms with E-state index in [2.05, 4.69) is 71.7 Å². The summed E-state index contributed by atoms with van der Waals surface area (Å²) < 4.78 is 5.38. The van der Waals surface area contributed by atoms with Crippen LogP contribution in [0.4, 0.5) is 5.69 Å². The summed E-state index contributed by atoms with van der Waals surface area (Å²) in [6, 6.07) is 17.7. The molecular formula is C23H33N3O. The van der Waals surface area contributed by atoms with Crippen LogP contribution < -0.4 is 15.0 Å². The topological polar surface area (TPSA) is 27.7 Å². The van der Waals surface area contributed by atoms with Crippen LogP contribution in [0.15, 0.2) is 48.5 Å². The molecule has 1 fully saturated rings. The van der Waals surface area contributed by atoms with Crippen molar-refractivity contribution in [1.29, 1.82) is 0 Å². The highest BCUT2D eigenvalue weighted by Gasteiger charge is 2.15. The van der Waals surface area contributed by atoms with Gasteiger partial charge in [0, 0.05) is 37.9 Å². The maximum absolute atomic E-state index is 5.38. The van der Waals surface area contributed by atoms with Crippen molar-refractivity contribution < 1.29 is 4.74 Å². The molecule has 1 aliphatic rings. The van der Waals surface area contributed by atoms with Gasteiger partial charge in [-0.1, -0.05) is 24.3 Å². The molecule has 1 unspecified atom stereocenters. The minimum absolute atomic E-state index is 0.313. The molecule has 0 radical (unpaired) electrons. The van der Waals surface area contributed by atoms with E-state index in [1.807, 2.05) is 6.07 Å². The Labute approximate surface area is 164 Å². The number of nitrogens with one attached hydrogen (secondary N) is 1. The second-order valence-electron chi connectivity index (χ2n) is 7.60. The van der Waals surface area contributed by atoms with Crippen LogP contribution in [0.25, 0.3) is 0 Å². The van der Waals surface area contributed by atoms with Crippen molar-refractivity contribution >= 4 is 5.69 Å². The highest BCUT2D eigenvalue weighted by molar-refractivity contribution is 5.47. The van der Waals surface area contributed by atoms with Crippen molar-refractivity contribution in [3.05, 3.63) is 59.7 Å². The Hall–Kier alpha value is -2.04. The van der Waals surface area contributed by atoms with Gasteiger partial charge in [0.05, 0.1) is 7.11 Å². The van der Waals surface area contributed by atoms with Gasteiger partial charge < -0.3 is 19.9 Å². The smallest absolute Gasteiger partial charge is 0.119 e. The van der Waals surface area contributed by atoms with Crippen LogP contribution in [0, 0.1) is 0 Å². The standard InChI is InChI=1S/C23H33N3O/c1-25(2)23(20-8-7-9-22(16-20)27-3)18-24-17-19-10-12-21(13-11-19)26-14-5-4-6-15-26/h7-13,16,23-24H,4-6,14-15,17-18H2,1-3H3. The third kappa shape index (κ3) is 5.47. The molecule has 0 aliphatic carbocycles. The van der Waals surface area contributed by atoms with Crippen molar-refractivity contribution in [3.63, 3.8) is 0 Å². The number of benzene rings is 2. The fourth-order valence-corrected chi connectivity index (χ4v) is 3.78. The van der Waals surface area contributed by atoms with Crippen LogP contribution in [-0.2, 0) is 6.54 Å². The lowest BCUT2D eigenvalue weighted by atomic mass is 10.1. The van der Waals surface area contributed by atoms with E-state index in [4.69, 9.17) is 4.74 Å². The number of anilines is 1. The Bertz CT molecular complexity index is 693. The first kappa shape index (κ1) is 19.7. The highest BCUT2D eigenvalue weighted by atomic mass is 16.5. The third-order valence-electron chi connectivity index (χ3n) is 5.43. The first-order valence-electron chi connectivity index (χ1n) is 10.0. The van der Waals surface area contributed by atoms with E-state index in [0.717, 1.165) is 18.8 Å². The van der Waals surface area contributed by atoms with E-state index in [1.54, 1.807) is 7.11 Å². The van der Waals surface area contributed by atoms with Gasteiger partial charge in [0.2, 0.25) is 0 Å². The molecule has 1 atom stereocenters. The average Bonchev–Trinajstić information content (AvgIpc) is 2.72. The first-order chi connectivity index (χ1) is 13.2. The lowest BCUT2D eigenvalue weighted by Gasteiger charge is -2.29. The van der Waals surface area contributed by atoms with Gasteiger partial charge in [0.1, 0.15) is 5.75 Å². The second kappa shape index (κ2) is 9.77. The largest absolute Gasteiger partial charge is 0.497 e. The van der Waals surface area contributed by atoms with Crippen molar-refractivity contribution in [2.45, 2.75) is 31.8 Å². The van der Waals surface area contributed by atoms with Crippen molar-refractivity contribution in [1.82, 2.24) is 10.2 Å². The number of nitrogens with zero attached hydrogens (tertiary/aromatic N) is 2. The number of methoxy groups -OCH3 is 1. The Kier molecular flexibility index (Phi) is 7.13. The Morgan fingerprint density at radius 3 is 2.44 bits per heavy atom. The van der Waals surface area contributed by atoms with E-state index in [0.29, 0.717) is 6.04 Å². The molecule has 4 heteroatoms. The zero-order chi connectivity index (χ0) is 19.1. The summed E-state index contributed by atoms with van der Waals surface area (Å²) in [5.41, 5.74) is 3.97. The molecule has 4 nitrogen and oxygen atoms in total. The summed E-state index contributed by atoms with van der Waals surface area (Å²) in [4.78, 5) is 4.76. The molecule has 0 bridgehead atoms. The monoisotopic (exact) mass is 367 g/mol. The van der Waals surface area contributed by atoms with Crippen LogP contribution in [-0.4, -0.2) is 45.7 Å². The van der Waals surface area contributed by atoms with E-state index in [-0.39, 0.29) is 0 Å². The molecule has 27 heavy (non-hydrogen) atoms. The number of rotatable bonds is 8. The van der Waals surface area contributed by atoms with Gasteiger partial charge >= 0.3 is 0 Å². The van der Waals surface area contributed by atoms with E-state index in [9.17, 15) is 0 Å². The van der Waals surface area contributed by atoms with Gasteiger partial charge in [-0.25, -0.2) is 0 Å². The summed E-state index contributed by atoms with van der Waals surface area (Å²) in [7, 11) is 5.97. The van der Waals surface area contributed by atoms with E-state index >= 15 is 0 Å². The van der Waals surface area contributed by atoms with Gasteiger partial charge in [-0.15, -0.1) is 0 Å². The maximum Gasteiger partial charge on any atom is 0.119 e. The SMILES string of the molecule is COc1cccc(C(CNCc2ccc(N3CCCCC3)cc2)N(C)C)c1. The number of hydrogen-bond acceptors (Lipinski definition) is 4. The minimum atomic E-state index is 0.313. The van der Waals surface area contributed by atoms with Crippen LogP contribution in [0.5, 0.6) is 5.75 Å². The molecule has 0 spiro atoms. The lowest BCUT2D eigenvalue weighted by Crippen LogP contribution is -2.31. The average molecular weight is 368 g/mol. The highest BCUT2D eigenvalue weighted by Crippen LogP contribution is 2.23. The Morgan fingerprint density at radius 2 is 1.78 bits per heavy atom. The normalized spacial score (nSPS) is 15.8. The Morgan fingerprint density at radius 1 is 1.04 bits per heavy atom. The van der Waals surface area contributed by atoms with Crippen LogP contribution in [0.1, 0.15) is 36.4 Å². The van der Waals surface area contributed by atoms with Crippen molar-refractivity contribution in [2.75, 3.05) is 45.7 Å². The van der Waals surface area contributed by atoms with Gasteiger partial charge in [-0.2, -0.15) is 0 Å². The molecule has 0 saturated carbocycles.